The molecule has 138 heavy (non-hydrogen) atoms. The van der Waals surface area contributed by atoms with Gasteiger partial charge in [-0.15, -0.1) is 0 Å². The predicted octanol–water partition coefficient (Wildman–Crippen LogP) is 28.6. The first-order valence-electron chi connectivity index (χ1n) is 48.4. The molecule has 1 heterocycles. The molecule has 0 aromatic heterocycles. The molecular formula is C126H112N4O8. The molecule has 1 aliphatic rings. The van der Waals surface area contributed by atoms with Gasteiger partial charge in [0.1, 0.15) is 98.9 Å². The summed E-state index contributed by atoms with van der Waals surface area (Å²) in [5.41, 5.74) is 13.2. The maximum Gasteiger partial charge on any atom is 0.123 e. The summed E-state index contributed by atoms with van der Waals surface area (Å²) in [6.07, 6.45) is 1.71. The van der Waals surface area contributed by atoms with E-state index in [4.69, 9.17) is 37.9 Å². The molecule has 0 spiro atoms. The molecule has 1 aliphatic heterocycles. The van der Waals surface area contributed by atoms with Crippen LogP contribution in [0.2, 0.25) is 0 Å². The normalized spacial score (nSPS) is 13.4. The third-order valence-corrected chi connectivity index (χ3v) is 26.5. The van der Waals surface area contributed by atoms with Gasteiger partial charge in [-0.2, -0.15) is 0 Å². The molecule has 20 aromatic carbocycles. The van der Waals surface area contributed by atoms with E-state index in [0.717, 1.165) is 178 Å². The number of rotatable bonds is 32. The molecule has 0 aliphatic carbocycles. The van der Waals surface area contributed by atoms with Crippen LogP contribution in [0.3, 0.4) is 0 Å². The fourth-order valence-corrected chi connectivity index (χ4v) is 19.2. The highest BCUT2D eigenvalue weighted by Crippen LogP contribution is 2.35. The van der Waals surface area contributed by atoms with Gasteiger partial charge in [0, 0.05) is 76.6 Å². The highest BCUT2D eigenvalue weighted by molar-refractivity contribution is 5.88. The van der Waals surface area contributed by atoms with Gasteiger partial charge in [-0.25, -0.2) is 0 Å². The van der Waals surface area contributed by atoms with Crippen molar-refractivity contribution in [3.05, 3.63) is 479 Å². The number of nitrogens with zero attached hydrogens (tertiary/aromatic N) is 4. The molecule has 1 fully saturated rings. The molecule has 0 bridgehead atoms. The van der Waals surface area contributed by atoms with Crippen LogP contribution in [0.25, 0.3) is 86.2 Å². The third-order valence-electron chi connectivity index (χ3n) is 26.5. The van der Waals surface area contributed by atoms with Crippen LogP contribution in [0.5, 0.6) is 46.0 Å². The fourth-order valence-electron chi connectivity index (χ4n) is 19.2. The topological polar surface area (TPSA) is 86.8 Å². The Labute approximate surface area is 807 Å². The average Bonchev–Trinajstić information content (AvgIpc) is 0.846. The van der Waals surface area contributed by atoms with Gasteiger partial charge in [0.2, 0.25) is 0 Å². The summed E-state index contributed by atoms with van der Waals surface area (Å²) < 4.78 is 55.5. The number of hydrogen-bond donors (Lipinski definition) is 0. The van der Waals surface area contributed by atoms with E-state index in [1.54, 1.807) is 0 Å². The van der Waals surface area contributed by atoms with E-state index >= 15 is 0 Å². The first-order valence-corrected chi connectivity index (χ1v) is 48.4. The quantitative estimate of drug-likeness (QED) is 0.0402. The van der Waals surface area contributed by atoms with Crippen molar-refractivity contribution in [3.63, 3.8) is 0 Å². The Bertz CT molecular complexity index is 6360. The van der Waals surface area contributed by atoms with E-state index in [9.17, 15) is 0 Å². The molecule has 0 N–H and O–H groups in total. The van der Waals surface area contributed by atoms with E-state index in [1.165, 1.54) is 86.2 Å². The lowest BCUT2D eigenvalue weighted by Crippen LogP contribution is -2.40. The second-order valence-electron chi connectivity index (χ2n) is 36.8. The Balaban J connectivity index is 0.633. The van der Waals surface area contributed by atoms with Crippen LogP contribution in [-0.2, 0) is 79.0 Å². The van der Waals surface area contributed by atoms with Crippen molar-refractivity contribution in [1.82, 2.24) is 19.6 Å². The van der Waals surface area contributed by atoms with Crippen LogP contribution in [0.4, 0.5) is 0 Å². The van der Waals surface area contributed by atoms with Gasteiger partial charge in [-0.3, -0.25) is 19.6 Å². The Kier molecular flexibility index (Phi) is 27.9. The SMILES string of the molecule is c1ccc2cc(COc3cc(CN4CCCN(Cc5cc(OCc6ccc7ccccc7c6)cc(OCc6ccc7ccccc7c6)c5)CCN(Cc5cc(OCc6ccc7ccccc7c6)cc(OCc6ccc7ccccc7c6)c5)CCCN(Cc5cc(OCc6ccc7ccccc7c6)cc(OCc6ccc7ccccc7c6)c5)CC4)cc(OCc4ccc5ccccc5c4)c3)ccc2c1. The van der Waals surface area contributed by atoms with E-state index < -0.39 is 0 Å². The summed E-state index contributed by atoms with van der Waals surface area (Å²) in [6, 6.07) is 147. The zero-order valence-electron chi connectivity index (χ0n) is 77.9. The summed E-state index contributed by atoms with van der Waals surface area (Å²) in [7, 11) is 0. The third kappa shape index (κ3) is 23.6. The van der Waals surface area contributed by atoms with Crippen molar-refractivity contribution in [2.75, 3.05) is 52.4 Å². The Morgan fingerprint density at radius 3 is 0.413 bits per heavy atom. The fraction of sp³-hybridized carbons (Fsp3) is 0.175. The van der Waals surface area contributed by atoms with Crippen molar-refractivity contribution < 1.29 is 37.9 Å². The summed E-state index contributed by atoms with van der Waals surface area (Å²) in [6.45, 7) is 11.9. The molecule has 20 aromatic rings. The summed E-state index contributed by atoms with van der Waals surface area (Å²) in [4.78, 5) is 10.6. The second-order valence-corrected chi connectivity index (χ2v) is 36.8. The molecule has 1 saturated heterocycles. The van der Waals surface area contributed by atoms with Crippen molar-refractivity contribution in [2.45, 2.75) is 91.9 Å². The molecule has 12 heteroatoms. The van der Waals surface area contributed by atoms with E-state index in [-0.39, 0.29) is 0 Å². The van der Waals surface area contributed by atoms with Crippen LogP contribution in [0.15, 0.2) is 413 Å². The van der Waals surface area contributed by atoms with Crippen molar-refractivity contribution in [1.29, 1.82) is 0 Å². The van der Waals surface area contributed by atoms with Crippen LogP contribution >= 0.6 is 0 Å². The molecule has 0 amide bonds. The zero-order chi connectivity index (χ0) is 92.4. The molecule has 12 nitrogen and oxygen atoms in total. The van der Waals surface area contributed by atoms with Crippen LogP contribution < -0.4 is 37.9 Å². The number of hydrogen-bond acceptors (Lipinski definition) is 12. The van der Waals surface area contributed by atoms with Crippen LogP contribution in [-0.4, -0.2) is 72.0 Å². The smallest absolute Gasteiger partial charge is 0.123 e. The minimum absolute atomic E-state index is 0.392. The number of fused-ring (bicyclic) bond motifs is 8. The number of ether oxygens (including phenoxy) is 8. The zero-order valence-corrected chi connectivity index (χ0v) is 77.9. The second kappa shape index (κ2) is 43.2. The monoisotopic (exact) mass is 1810 g/mol. The molecule has 0 radical (unpaired) electrons. The van der Waals surface area contributed by atoms with Gasteiger partial charge in [0.15, 0.2) is 0 Å². The maximum absolute atomic E-state index is 6.94. The summed E-state index contributed by atoms with van der Waals surface area (Å²) >= 11 is 0. The lowest BCUT2D eigenvalue weighted by Gasteiger charge is -2.32. The maximum atomic E-state index is 6.94. The first kappa shape index (κ1) is 89.3. The number of benzene rings is 20. The highest BCUT2D eigenvalue weighted by Gasteiger charge is 2.22. The minimum Gasteiger partial charge on any atom is -0.489 e. The van der Waals surface area contributed by atoms with Crippen molar-refractivity contribution in [2.24, 2.45) is 0 Å². The Morgan fingerprint density at radius 2 is 0.268 bits per heavy atom. The first-order chi connectivity index (χ1) is 68.1. The van der Waals surface area contributed by atoms with E-state index in [1.807, 2.05) is 0 Å². The van der Waals surface area contributed by atoms with E-state index in [2.05, 4.69) is 432 Å². The average molecular weight is 1810 g/mol. The van der Waals surface area contributed by atoms with Gasteiger partial charge < -0.3 is 37.9 Å². The van der Waals surface area contributed by atoms with Gasteiger partial charge >= 0.3 is 0 Å². The standard InChI is InChI=1S/C126H112N4O8/c1-9-27-111-59-91(35-43-103(111)19-1)83-131-119-67-99(68-120(75-119)132-84-92-36-44-104-20-2-10-28-112(104)60-92)79-127-51-17-52-129(81-101-71-123(135-87-95-39-47-107-23-5-13-31-115(107)63-95)77-124(72-101)136-88-96-40-48-108-24-6-14-32-116(108)64-96)57-58-130(82-102-73-125(137-89-97-41-49-109-25-7-15-33-117(109)65-97)78-126(74-102)138-90-98-42-50-110-26-8-16-34-118(110)66-98)54-18-53-128(56-55-127)80-100-69-121(133-85-93-37-45-105-21-3-11-29-113(105)61-93)76-122(70-100)134-86-94-38-46-106-22-4-12-30-114(106)62-94/h1-16,19-50,59-78H,17-18,51-58,79-90H2. The largest absolute Gasteiger partial charge is 0.489 e. The van der Waals surface area contributed by atoms with Gasteiger partial charge in [0.25, 0.3) is 0 Å². The molecule has 0 unspecified atom stereocenters. The van der Waals surface area contributed by atoms with Gasteiger partial charge in [0.05, 0.1) is 0 Å². The van der Waals surface area contributed by atoms with E-state index in [0.29, 0.717) is 79.0 Å². The Hall–Kier alpha value is -15.3. The molecular weight excluding hydrogens is 1700 g/mol. The lowest BCUT2D eigenvalue weighted by molar-refractivity contribution is 0.147. The Morgan fingerprint density at radius 1 is 0.130 bits per heavy atom. The summed E-state index contributed by atoms with van der Waals surface area (Å²) in [5.74, 6) is 6.03. The molecule has 0 saturated carbocycles. The molecule has 684 valence electrons. The predicted molar refractivity (Wildman–Crippen MR) is 562 cm³/mol. The summed E-state index contributed by atoms with van der Waals surface area (Å²) in [5, 5.41) is 19.0. The molecule has 21 rings (SSSR count). The van der Waals surface area contributed by atoms with Crippen LogP contribution in [0, 0.1) is 0 Å². The van der Waals surface area contributed by atoms with Crippen LogP contribution in [0.1, 0.15) is 79.6 Å². The van der Waals surface area contributed by atoms with Crippen molar-refractivity contribution in [3.8, 4) is 46.0 Å². The lowest BCUT2D eigenvalue weighted by atomic mass is 10.1. The molecule has 0 atom stereocenters. The minimum atomic E-state index is 0.392. The highest BCUT2D eigenvalue weighted by atomic mass is 16.5. The van der Waals surface area contributed by atoms with Gasteiger partial charge in [-0.1, -0.05) is 291 Å². The van der Waals surface area contributed by atoms with Crippen molar-refractivity contribution >= 4 is 86.2 Å². The van der Waals surface area contributed by atoms with Gasteiger partial charge in [-0.05, 0) is 289 Å².